The van der Waals surface area contributed by atoms with Crippen molar-refractivity contribution in [3.8, 4) is 11.5 Å². The lowest BCUT2D eigenvalue weighted by atomic mass is 10.0. The minimum Gasteiger partial charge on any atom is -0.497 e. The van der Waals surface area contributed by atoms with E-state index < -0.39 is 17.5 Å². The van der Waals surface area contributed by atoms with E-state index in [1.54, 1.807) is 50.5 Å². The van der Waals surface area contributed by atoms with E-state index in [0.29, 0.717) is 28.7 Å². The van der Waals surface area contributed by atoms with Gasteiger partial charge in [-0.15, -0.1) is 23.5 Å². The van der Waals surface area contributed by atoms with Gasteiger partial charge in [0.25, 0.3) is 11.8 Å². The van der Waals surface area contributed by atoms with Gasteiger partial charge in [-0.2, -0.15) is 0 Å². The van der Waals surface area contributed by atoms with Crippen LogP contribution in [0.4, 0.5) is 4.79 Å². The molecule has 1 fully saturated rings. The van der Waals surface area contributed by atoms with Gasteiger partial charge in [-0.25, -0.2) is 4.79 Å². The number of alkyl carbamates (subject to hydrolysis) is 1. The summed E-state index contributed by atoms with van der Waals surface area (Å²) in [4.78, 5) is 45.2. The molecule has 0 unspecified atom stereocenters. The van der Waals surface area contributed by atoms with E-state index in [0.717, 1.165) is 16.0 Å². The first-order chi connectivity index (χ1) is 18.5. The van der Waals surface area contributed by atoms with Gasteiger partial charge in [-0.05, 0) is 29.8 Å². The summed E-state index contributed by atoms with van der Waals surface area (Å²) in [5, 5.41) is 5.12. The molecule has 1 saturated heterocycles. The quantitative estimate of drug-likeness (QED) is 0.245. The Hall–Kier alpha value is -3.64. The number of thioether (sulfide) groups is 2. The molecule has 12 heteroatoms. The Morgan fingerprint density at radius 1 is 1.24 bits per heavy atom. The summed E-state index contributed by atoms with van der Waals surface area (Å²) in [5.41, 5.74) is 1.90. The van der Waals surface area contributed by atoms with Crippen molar-refractivity contribution in [2.24, 2.45) is 0 Å². The Balaban J connectivity index is 1.53. The molecule has 0 bridgehead atoms. The van der Waals surface area contributed by atoms with Crippen molar-refractivity contribution in [1.29, 1.82) is 0 Å². The number of amides is 3. The van der Waals surface area contributed by atoms with E-state index in [9.17, 15) is 14.4 Å². The van der Waals surface area contributed by atoms with Gasteiger partial charge in [0.2, 0.25) is 0 Å². The van der Waals surface area contributed by atoms with Crippen molar-refractivity contribution >= 4 is 41.4 Å². The SMILES string of the molecule is C=CCOC(=O)N[C@@H]1C(=O)N2C(C(=O)NCc3ccc(OC)cc3OC)=C(CSc3ccncc3)CS[C@H]12. The molecule has 3 heterocycles. The monoisotopic (exact) mass is 556 g/mol. The van der Waals surface area contributed by atoms with Crippen LogP contribution in [0.5, 0.6) is 11.5 Å². The average Bonchev–Trinajstić information content (AvgIpc) is 2.96. The standard InChI is InChI=1S/C26H28N4O6S2/c1-4-11-36-26(33)29-21-24(32)30-22(17(15-38-25(21)30)14-37-19-7-9-27-10-8-19)23(31)28-13-16-5-6-18(34-2)12-20(16)35-3/h4-10,12,21,25H,1,11,13-15H2,2-3H3,(H,28,31)(H,29,33)/t21-,25-/m1/s1. The van der Waals surface area contributed by atoms with Gasteiger partial charge in [0, 0.05) is 47.0 Å². The van der Waals surface area contributed by atoms with Crippen molar-refractivity contribution in [2.75, 3.05) is 32.3 Å². The van der Waals surface area contributed by atoms with Crippen molar-refractivity contribution in [3.05, 3.63) is 72.2 Å². The van der Waals surface area contributed by atoms with E-state index in [2.05, 4.69) is 22.2 Å². The zero-order chi connectivity index (χ0) is 27.1. The summed E-state index contributed by atoms with van der Waals surface area (Å²) in [6.07, 6.45) is 4.15. The first kappa shape index (κ1) is 27.4. The Kier molecular flexibility index (Phi) is 9.19. The highest BCUT2D eigenvalue weighted by atomic mass is 32.2. The molecule has 10 nitrogen and oxygen atoms in total. The van der Waals surface area contributed by atoms with Crippen LogP contribution in [0.3, 0.4) is 0 Å². The summed E-state index contributed by atoms with van der Waals surface area (Å²) in [6, 6.07) is 8.35. The molecule has 0 aliphatic carbocycles. The number of hydrogen-bond donors (Lipinski definition) is 2. The van der Waals surface area contributed by atoms with Gasteiger partial charge in [0.05, 0.1) is 14.2 Å². The second-order valence-electron chi connectivity index (χ2n) is 8.20. The molecular weight excluding hydrogens is 528 g/mol. The van der Waals surface area contributed by atoms with Crippen LogP contribution in [0.2, 0.25) is 0 Å². The number of fused-ring (bicyclic) bond motifs is 1. The zero-order valence-corrected chi connectivity index (χ0v) is 22.6. The third kappa shape index (κ3) is 6.08. The van der Waals surface area contributed by atoms with E-state index in [4.69, 9.17) is 14.2 Å². The molecule has 1 aromatic heterocycles. The number of carbonyl (C=O) groups excluding carboxylic acids is 3. The summed E-state index contributed by atoms with van der Waals surface area (Å²) in [7, 11) is 3.11. The fraction of sp³-hybridized carbons (Fsp3) is 0.308. The van der Waals surface area contributed by atoms with E-state index in [1.165, 1.54) is 22.7 Å². The van der Waals surface area contributed by atoms with E-state index in [-0.39, 0.29) is 25.0 Å². The van der Waals surface area contributed by atoms with Crippen LogP contribution in [0.1, 0.15) is 5.56 Å². The minimum absolute atomic E-state index is 0.0347. The van der Waals surface area contributed by atoms with Gasteiger partial charge < -0.3 is 24.8 Å². The molecule has 1 aromatic carbocycles. The molecule has 2 aliphatic heterocycles. The molecule has 0 spiro atoms. The molecule has 2 N–H and O–H groups in total. The van der Waals surface area contributed by atoms with Crippen LogP contribution < -0.4 is 20.1 Å². The van der Waals surface area contributed by atoms with Crippen molar-refractivity contribution in [3.63, 3.8) is 0 Å². The molecule has 38 heavy (non-hydrogen) atoms. The minimum atomic E-state index is -0.781. The number of rotatable bonds is 11. The molecule has 4 rings (SSSR count). The highest BCUT2D eigenvalue weighted by Crippen LogP contribution is 2.41. The summed E-state index contributed by atoms with van der Waals surface area (Å²) >= 11 is 3.06. The van der Waals surface area contributed by atoms with Gasteiger partial charge in [-0.1, -0.05) is 12.7 Å². The third-order valence-electron chi connectivity index (χ3n) is 5.86. The maximum atomic E-state index is 13.5. The first-order valence-electron chi connectivity index (χ1n) is 11.7. The molecule has 2 atom stereocenters. The summed E-state index contributed by atoms with van der Waals surface area (Å²) < 4.78 is 15.7. The zero-order valence-electron chi connectivity index (χ0n) is 21.0. The maximum Gasteiger partial charge on any atom is 0.408 e. The number of nitrogens with zero attached hydrogens (tertiary/aromatic N) is 2. The number of methoxy groups -OCH3 is 2. The molecule has 0 saturated carbocycles. The molecular formula is C26H28N4O6S2. The van der Waals surface area contributed by atoms with Crippen LogP contribution in [0, 0.1) is 0 Å². The second-order valence-corrected chi connectivity index (χ2v) is 10.4. The molecule has 0 radical (unpaired) electrons. The van der Waals surface area contributed by atoms with Gasteiger partial charge in [-0.3, -0.25) is 19.5 Å². The van der Waals surface area contributed by atoms with Crippen molar-refractivity contribution in [1.82, 2.24) is 20.5 Å². The predicted molar refractivity (Wildman–Crippen MR) is 145 cm³/mol. The number of carbonyl (C=O) groups is 3. The lowest BCUT2D eigenvalue weighted by Gasteiger charge is -2.49. The number of ether oxygens (including phenoxy) is 3. The number of hydrogen-bond acceptors (Lipinski definition) is 9. The average molecular weight is 557 g/mol. The van der Waals surface area contributed by atoms with Crippen LogP contribution >= 0.6 is 23.5 Å². The van der Waals surface area contributed by atoms with Crippen LogP contribution in [-0.2, 0) is 20.9 Å². The third-order valence-corrected chi connectivity index (χ3v) is 8.30. The summed E-state index contributed by atoms with van der Waals surface area (Å²) in [5.74, 6) is 1.52. The highest BCUT2D eigenvalue weighted by Gasteiger charge is 2.54. The van der Waals surface area contributed by atoms with Crippen LogP contribution in [0.25, 0.3) is 0 Å². The Labute approximate surface area is 229 Å². The Bertz CT molecular complexity index is 1240. The summed E-state index contributed by atoms with van der Waals surface area (Å²) in [6.45, 7) is 3.73. The van der Waals surface area contributed by atoms with Crippen LogP contribution in [-0.4, -0.2) is 71.5 Å². The predicted octanol–water partition coefficient (Wildman–Crippen LogP) is 2.96. The van der Waals surface area contributed by atoms with Crippen molar-refractivity contribution < 1.29 is 28.6 Å². The van der Waals surface area contributed by atoms with E-state index in [1.807, 2.05) is 18.2 Å². The van der Waals surface area contributed by atoms with Gasteiger partial charge >= 0.3 is 6.09 Å². The first-order valence-corrected chi connectivity index (χ1v) is 13.7. The fourth-order valence-electron chi connectivity index (χ4n) is 3.98. The largest absolute Gasteiger partial charge is 0.497 e. The lowest BCUT2D eigenvalue weighted by Crippen LogP contribution is -2.71. The number of aromatic nitrogens is 1. The Morgan fingerprint density at radius 2 is 2.03 bits per heavy atom. The smallest absolute Gasteiger partial charge is 0.408 e. The number of nitrogens with one attached hydrogen (secondary N) is 2. The number of pyridine rings is 1. The second kappa shape index (κ2) is 12.7. The normalized spacial score (nSPS) is 18.2. The fourth-order valence-corrected chi connectivity index (χ4v) is 6.34. The Morgan fingerprint density at radius 3 is 2.74 bits per heavy atom. The van der Waals surface area contributed by atoms with Gasteiger partial charge in [0.1, 0.15) is 35.2 Å². The lowest BCUT2D eigenvalue weighted by molar-refractivity contribution is -0.145. The molecule has 3 amide bonds. The molecule has 200 valence electrons. The molecule has 2 aromatic rings. The number of β-lactam (4-membered cyclic amide) rings is 1. The van der Waals surface area contributed by atoms with Crippen LogP contribution in [0.15, 0.2) is 71.5 Å². The highest BCUT2D eigenvalue weighted by molar-refractivity contribution is 8.01. The van der Waals surface area contributed by atoms with Gasteiger partial charge in [0.15, 0.2) is 0 Å². The molecule has 2 aliphatic rings. The number of benzene rings is 1. The van der Waals surface area contributed by atoms with E-state index >= 15 is 0 Å². The topological polar surface area (TPSA) is 119 Å². The maximum absolute atomic E-state index is 13.5. The van der Waals surface area contributed by atoms with Crippen molar-refractivity contribution in [2.45, 2.75) is 22.9 Å².